The van der Waals surface area contributed by atoms with Crippen LogP contribution in [-0.4, -0.2) is 25.5 Å². The second-order valence-electron chi connectivity index (χ2n) is 5.16. The van der Waals surface area contributed by atoms with Crippen LogP contribution < -0.4 is 10.6 Å². The molecule has 0 saturated heterocycles. The summed E-state index contributed by atoms with van der Waals surface area (Å²) in [6.45, 7) is 6.66. The molecule has 1 rings (SSSR count). The number of nitrogens with one attached hydrogen (secondary N) is 2. The molecule has 2 unspecified atom stereocenters. The molecule has 94 valence electrons. The summed E-state index contributed by atoms with van der Waals surface area (Å²) in [7, 11) is 0. The van der Waals surface area contributed by atoms with Gasteiger partial charge < -0.3 is 10.6 Å². The minimum atomic E-state index is 0.0582. The van der Waals surface area contributed by atoms with Crippen LogP contribution in [0.15, 0.2) is 0 Å². The third-order valence-electron chi connectivity index (χ3n) is 3.45. The first-order valence-corrected chi connectivity index (χ1v) is 6.63. The van der Waals surface area contributed by atoms with Gasteiger partial charge in [-0.1, -0.05) is 26.2 Å². The second-order valence-corrected chi connectivity index (χ2v) is 5.16. The fourth-order valence-corrected chi connectivity index (χ4v) is 2.58. The van der Waals surface area contributed by atoms with E-state index in [1.807, 2.05) is 0 Å². The monoisotopic (exact) mass is 226 g/mol. The van der Waals surface area contributed by atoms with Crippen LogP contribution in [0.1, 0.15) is 46.0 Å². The molecular weight excluding hydrogens is 200 g/mol. The van der Waals surface area contributed by atoms with Crippen LogP contribution in [0.3, 0.4) is 0 Å². The van der Waals surface area contributed by atoms with E-state index in [4.69, 9.17) is 0 Å². The summed E-state index contributed by atoms with van der Waals surface area (Å²) in [6.07, 6.45) is 6.96. The SMILES string of the molecule is CC(=O)NCCNCCC1CCCC(C)C1. The highest BCUT2D eigenvalue weighted by atomic mass is 16.1. The molecule has 2 atom stereocenters. The van der Waals surface area contributed by atoms with E-state index >= 15 is 0 Å². The van der Waals surface area contributed by atoms with Gasteiger partial charge in [0.15, 0.2) is 0 Å². The molecule has 1 saturated carbocycles. The number of carbonyl (C=O) groups is 1. The average Bonchev–Trinajstić information content (AvgIpc) is 2.23. The zero-order chi connectivity index (χ0) is 11.8. The number of rotatable bonds is 6. The lowest BCUT2D eigenvalue weighted by molar-refractivity contribution is -0.118. The molecule has 2 N–H and O–H groups in total. The zero-order valence-corrected chi connectivity index (χ0v) is 10.7. The highest BCUT2D eigenvalue weighted by molar-refractivity contribution is 5.72. The maximum Gasteiger partial charge on any atom is 0.216 e. The third kappa shape index (κ3) is 6.11. The Morgan fingerprint density at radius 3 is 2.75 bits per heavy atom. The van der Waals surface area contributed by atoms with Gasteiger partial charge in [-0.2, -0.15) is 0 Å². The molecule has 1 amide bonds. The van der Waals surface area contributed by atoms with E-state index in [1.165, 1.54) is 32.1 Å². The highest BCUT2D eigenvalue weighted by Gasteiger charge is 2.17. The molecule has 0 bridgehead atoms. The summed E-state index contributed by atoms with van der Waals surface area (Å²) in [5.74, 6) is 1.91. The fourth-order valence-electron chi connectivity index (χ4n) is 2.58. The largest absolute Gasteiger partial charge is 0.355 e. The van der Waals surface area contributed by atoms with Crippen LogP contribution in [-0.2, 0) is 4.79 Å². The Labute approximate surface area is 99.4 Å². The van der Waals surface area contributed by atoms with Crippen LogP contribution >= 0.6 is 0 Å². The van der Waals surface area contributed by atoms with Crippen LogP contribution in [0.25, 0.3) is 0 Å². The topological polar surface area (TPSA) is 41.1 Å². The molecule has 0 radical (unpaired) electrons. The van der Waals surface area contributed by atoms with Crippen LogP contribution in [0.4, 0.5) is 0 Å². The van der Waals surface area contributed by atoms with Gasteiger partial charge in [-0.3, -0.25) is 4.79 Å². The van der Waals surface area contributed by atoms with Crippen molar-refractivity contribution in [1.29, 1.82) is 0 Å². The van der Waals surface area contributed by atoms with Gasteiger partial charge in [-0.05, 0) is 31.2 Å². The van der Waals surface area contributed by atoms with E-state index in [-0.39, 0.29) is 5.91 Å². The Balaban J connectivity index is 1.92. The van der Waals surface area contributed by atoms with E-state index in [0.717, 1.165) is 31.5 Å². The molecule has 0 aromatic heterocycles. The molecule has 0 aromatic carbocycles. The maximum atomic E-state index is 10.6. The minimum Gasteiger partial charge on any atom is -0.355 e. The van der Waals surface area contributed by atoms with Crippen molar-refractivity contribution in [3.05, 3.63) is 0 Å². The van der Waals surface area contributed by atoms with E-state index in [1.54, 1.807) is 6.92 Å². The second kappa shape index (κ2) is 7.66. The number of amides is 1. The van der Waals surface area contributed by atoms with Crippen LogP contribution in [0.5, 0.6) is 0 Å². The van der Waals surface area contributed by atoms with Crippen molar-refractivity contribution in [1.82, 2.24) is 10.6 Å². The molecule has 0 spiro atoms. The van der Waals surface area contributed by atoms with E-state index in [2.05, 4.69) is 17.6 Å². The first-order valence-electron chi connectivity index (χ1n) is 6.63. The molecule has 1 fully saturated rings. The van der Waals surface area contributed by atoms with Crippen molar-refractivity contribution in [2.24, 2.45) is 11.8 Å². The average molecular weight is 226 g/mol. The van der Waals surface area contributed by atoms with Gasteiger partial charge in [0.2, 0.25) is 5.91 Å². The van der Waals surface area contributed by atoms with Gasteiger partial charge in [0, 0.05) is 20.0 Å². The predicted molar refractivity (Wildman–Crippen MR) is 67.3 cm³/mol. The maximum absolute atomic E-state index is 10.6. The number of hydrogen-bond donors (Lipinski definition) is 2. The summed E-state index contributed by atoms with van der Waals surface area (Å²) >= 11 is 0. The van der Waals surface area contributed by atoms with Gasteiger partial charge in [-0.25, -0.2) is 0 Å². The van der Waals surface area contributed by atoms with Gasteiger partial charge in [0.1, 0.15) is 0 Å². The summed E-state index contributed by atoms with van der Waals surface area (Å²) in [4.78, 5) is 10.6. The Morgan fingerprint density at radius 2 is 2.06 bits per heavy atom. The summed E-state index contributed by atoms with van der Waals surface area (Å²) in [5, 5.41) is 6.18. The van der Waals surface area contributed by atoms with E-state index in [0.29, 0.717) is 0 Å². The van der Waals surface area contributed by atoms with Crippen molar-refractivity contribution in [2.45, 2.75) is 46.0 Å². The lowest BCUT2D eigenvalue weighted by Crippen LogP contribution is -2.31. The molecule has 3 nitrogen and oxygen atoms in total. The lowest BCUT2D eigenvalue weighted by Gasteiger charge is -2.26. The predicted octanol–water partition coefficient (Wildman–Crippen LogP) is 1.93. The normalized spacial score (nSPS) is 25.4. The van der Waals surface area contributed by atoms with Crippen LogP contribution in [0.2, 0.25) is 0 Å². The number of hydrogen-bond acceptors (Lipinski definition) is 2. The van der Waals surface area contributed by atoms with Gasteiger partial charge >= 0.3 is 0 Å². The Kier molecular flexibility index (Phi) is 6.46. The molecule has 0 heterocycles. The first-order chi connectivity index (χ1) is 7.68. The molecule has 1 aliphatic rings. The van der Waals surface area contributed by atoms with Crippen molar-refractivity contribution in [3.63, 3.8) is 0 Å². The highest BCUT2D eigenvalue weighted by Crippen LogP contribution is 2.30. The van der Waals surface area contributed by atoms with Crippen molar-refractivity contribution in [3.8, 4) is 0 Å². The van der Waals surface area contributed by atoms with Gasteiger partial charge in [0.05, 0.1) is 0 Å². The molecule has 1 aliphatic carbocycles. The lowest BCUT2D eigenvalue weighted by atomic mass is 9.81. The van der Waals surface area contributed by atoms with Crippen LogP contribution in [0, 0.1) is 11.8 Å². The number of carbonyl (C=O) groups excluding carboxylic acids is 1. The Bertz CT molecular complexity index is 206. The third-order valence-corrected chi connectivity index (χ3v) is 3.45. The van der Waals surface area contributed by atoms with Crippen molar-refractivity contribution in [2.75, 3.05) is 19.6 Å². The fraction of sp³-hybridized carbons (Fsp3) is 0.923. The zero-order valence-electron chi connectivity index (χ0n) is 10.7. The standard InChI is InChI=1S/C13H26N2O/c1-11-4-3-5-13(10-11)6-7-14-8-9-15-12(2)16/h11,13-14H,3-10H2,1-2H3,(H,15,16). The van der Waals surface area contributed by atoms with Crippen molar-refractivity contribution < 1.29 is 4.79 Å². The Hall–Kier alpha value is -0.570. The smallest absolute Gasteiger partial charge is 0.216 e. The van der Waals surface area contributed by atoms with E-state index < -0.39 is 0 Å². The summed E-state index contributed by atoms with van der Waals surface area (Å²) < 4.78 is 0. The Morgan fingerprint density at radius 1 is 1.25 bits per heavy atom. The first kappa shape index (κ1) is 13.5. The summed E-state index contributed by atoms with van der Waals surface area (Å²) in [5.41, 5.74) is 0. The minimum absolute atomic E-state index is 0.0582. The molecule has 3 heteroatoms. The molecule has 0 aliphatic heterocycles. The molecular formula is C13H26N2O. The van der Waals surface area contributed by atoms with Gasteiger partial charge in [-0.15, -0.1) is 0 Å². The molecule has 0 aromatic rings. The van der Waals surface area contributed by atoms with E-state index in [9.17, 15) is 4.79 Å². The van der Waals surface area contributed by atoms with Crippen molar-refractivity contribution >= 4 is 5.91 Å². The molecule has 16 heavy (non-hydrogen) atoms. The summed E-state index contributed by atoms with van der Waals surface area (Å²) in [6, 6.07) is 0. The van der Waals surface area contributed by atoms with Gasteiger partial charge in [0.25, 0.3) is 0 Å². The quantitative estimate of drug-likeness (QED) is 0.679.